The third kappa shape index (κ3) is 2.52. The molecular weight excluding hydrogens is 282 g/mol. The number of oxazole rings is 1. The summed E-state index contributed by atoms with van der Waals surface area (Å²) in [6.07, 6.45) is 1.76. The fourth-order valence-corrected chi connectivity index (χ4v) is 2.01. The summed E-state index contributed by atoms with van der Waals surface area (Å²) in [7, 11) is 0. The van der Waals surface area contributed by atoms with E-state index in [1.165, 1.54) is 6.07 Å². The van der Waals surface area contributed by atoms with Crippen LogP contribution < -0.4 is 4.74 Å². The smallest absolute Gasteiger partial charge is 0.335 e. The Morgan fingerprint density at radius 2 is 2.05 bits per heavy atom. The summed E-state index contributed by atoms with van der Waals surface area (Å²) < 4.78 is 10.8. The van der Waals surface area contributed by atoms with Crippen molar-refractivity contribution in [2.75, 3.05) is 0 Å². The van der Waals surface area contributed by atoms with E-state index in [0.29, 0.717) is 28.5 Å². The third-order valence-corrected chi connectivity index (χ3v) is 3.04. The molecule has 3 aromatic rings. The Hall–Kier alpha value is -3.21. The first-order valence-corrected chi connectivity index (χ1v) is 6.50. The molecule has 0 atom stereocenters. The standard InChI is InChI=1S/C17H11NO4/c1-2-16(20)21-14-8-7-11(10-19)9-12(14)17-18-13-5-3-4-6-15(13)22-17/h2-10H,1H2. The number of para-hydroxylation sites is 2. The Balaban J connectivity index is 2.15. The number of esters is 1. The van der Waals surface area contributed by atoms with Crippen LogP contribution in [0, 0.1) is 0 Å². The number of hydrogen-bond acceptors (Lipinski definition) is 5. The van der Waals surface area contributed by atoms with Crippen LogP contribution in [0.25, 0.3) is 22.6 Å². The van der Waals surface area contributed by atoms with Crippen LogP contribution in [0.3, 0.4) is 0 Å². The van der Waals surface area contributed by atoms with Crippen LogP contribution in [-0.2, 0) is 4.79 Å². The van der Waals surface area contributed by atoms with E-state index in [0.717, 1.165) is 6.08 Å². The van der Waals surface area contributed by atoms with E-state index in [4.69, 9.17) is 9.15 Å². The van der Waals surface area contributed by atoms with Gasteiger partial charge < -0.3 is 9.15 Å². The predicted octanol–water partition coefficient (Wildman–Crippen LogP) is 3.40. The first-order chi connectivity index (χ1) is 10.7. The summed E-state index contributed by atoms with van der Waals surface area (Å²) in [6.45, 7) is 3.36. The van der Waals surface area contributed by atoms with Crippen molar-refractivity contribution in [1.29, 1.82) is 0 Å². The minimum Gasteiger partial charge on any atom is -0.436 e. The van der Waals surface area contributed by atoms with Gasteiger partial charge in [0.05, 0.1) is 5.56 Å². The highest BCUT2D eigenvalue weighted by molar-refractivity contribution is 5.87. The molecule has 5 nitrogen and oxygen atoms in total. The Kier molecular flexibility index (Phi) is 3.53. The Labute approximate surface area is 125 Å². The molecule has 0 radical (unpaired) electrons. The number of benzene rings is 2. The Morgan fingerprint density at radius 3 is 2.77 bits per heavy atom. The maximum atomic E-state index is 11.4. The predicted molar refractivity (Wildman–Crippen MR) is 80.7 cm³/mol. The van der Waals surface area contributed by atoms with Gasteiger partial charge in [-0.1, -0.05) is 18.7 Å². The molecular formula is C17H11NO4. The van der Waals surface area contributed by atoms with Crippen molar-refractivity contribution >= 4 is 23.4 Å². The Morgan fingerprint density at radius 1 is 1.23 bits per heavy atom. The summed E-state index contributed by atoms with van der Waals surface area (Å²) in [4.78, 5) is 26.8. The number of carbonyl (C=O) groups is 2. The van der Waals surface area contributed by atoms with Crippen molar-refractivity contribution in [3.05, 3.63) is 60.7 Å². The molecule has 0 aliphatic carbocycles. The van der Waals surface area contributed by atoms with Gasteiger partial charge in [-0.05, 0) is 30.3 Å². The molecule has 0 unspecified atom stereocenters. The topological polar surface area (TPSA) is 69.4 Å². The fourth-order valence-electron chi connectivity index (χ4n) is 2.01. The van der Waals surface area contributed by atoms with Gasteiger partial charge in [0.25, 0.3) is 0 Å². The van der Waals surface area contributed by atoms with Crippen molar-refractivity contribution in [1.82, 2.24) is 4.98 Å². The normalized spacial score (nSPS) is 10.4. The molecule has 3 rings (SSSR count). The summed E-state index contributed by atoms with van der Waals surface area (Å²) in [5.41, 5.74) is 2.14. The monoisotopic (exact) mass is 293 g/mol. The summed E-state index contributed by atoms with van der Waals surface area (Å²) in [6, 6.07) is 11.9. The van der Waals surface area contributed by atoms with Gasteiger partial charge in [0.2, 0.25) is 5.89 Å². The number of rotatable bonds is 4. The lowest BCUT2D eigenvalue weighted by molar-refractivity contribution is -0.128. The molecule has 0 spiro atoms. The van der Waals surface area contributed by atoms with Crippen molar-refractivity contribution in [3.8, 4) is 17.2 Å². The molecule has 5 heteroatoms. The SMILES string of the molecule is C=CC(=O)Oc1ccc(C=O)cc1-c1nc2ccccc2o1. The van der Waals surface area contributed by atoms with E-state index >= 15 is 0 Å². The van der Waals surface area contributed by atoms with Gasteiger partial charge in [-0.3, -0.25) is 4.79 Å². The second-order valence-corrected chi connectivity index (χ2v) is 4.49. The van der Waals surface area contributed by atoms with Gasteiger partial charge >= 0.3 is 5.97 Å². The van der Waals surface area contributed by atoms with Gasteiger partial charge in [0, 0.05) is 11.6 Å². The van der Waals surface area contributed by atoms with Crippen LogP contribution in [0.1, 0.15) is 10.4 Å². The minimum absolute atomic E-state index is 0.252. The van der Waals surface area contributed by atoms with Crippen LogP contribution in [0.2, 0.25) is 0 Å². The van der Waals surface area contributed by atoms with Crippen LogP contribution in [0.4, 0.5) is 0 Å². The van der Waals surface area contributed by atoms with Crippen molar-refractivity contribution in [3.63, 3.8) is 0 Å². The lowest BCUT2D eigenvalue weighted by Gasteiger charge is -2.06. The van der Waals surface area contributed by atoms with Gasteiger partial charge in [0.15, 0.2) is 5.58 Å². The minimum atomic E-state index is -0.601. The first kappa shape index (κ1) is 13.8. The van der Waals surface area contributed by atoms with Crippen LogP contribution >= 0.6 is 0 Å². The number of aromatic nitrogens is 1. The van der Waals surface area contributed by atoms with Crippen LogP contribution in [0.15, 0.2) is 59.5 Å². The summed E-state index contributed by atoms with van der Waals surface area (Å²) in [5, 5.41) is 0. The second-order valence-electron chi connectivity index (χ2n) is 4.49. The fraction of sp³-hybridized carbons (Fsp3) is 0. The number of carbonyl (C=O) groups excluding carboxylic acids is 2. The largest absolute Gasteiger partial charge is 0.436 e. The van der Waals surface area contributed by atoms with Gasteiger partial charge in [-0.25, -0.2) is 9.78 Å². The molecule has 0 amide bonds. The number of fused-ring (bicyclic) bond motifs is 1. The highest BCUT2D eigenvalue weighted by Crippen LogP contribution is 2.32. The van der Waals surface area contributed by atoms with E-state index in [1.54, 1.807) is 24.3 Å². The maximum Gasteiger partial charge on any atom is 0.335 e. The molecule has 0 aliphatic heterocycles. The van der Waals surface area contributed by atoms with E-state index < -0.39 is 5.97 Å². The molecule has 0 aliphatic rings. The molecule has 2 aromatic carbocycles. The lowest BCUT2D eigenvalue weighted by Crippen LogP contribution is -2.04. The van der Waals surface area contributed by atoms with Gasteiger partial charge in [0.1, 0.15) is 17.6 Å². The van der Waals surface area contributed by atoms with Crippen molar-refractivity contribution in [2.24, 2.45) is 0 Å². The van der Waals surface area contributed by atoms with E-state index in [-0.39, 0.29) is 11.6 Å². The molecule has 0 saturated carbocycles. The van der Waals surface area contributed by atoms with E-state index in [1.807, 2.05) is 12.1 Å². The zero-order chi connectivity index (χ0) is 15.5. The quantitative estimate of drug-likeness (QED) is 0.319. The average Bonchev–Trinajstić information content (AvgIpc) is 2.98. The average molecular weight is 293 g/mol. The molecule has 0 N–H and O–H groups in total. The summed E-state index contributed by atoms with van der Waals surface area (Å²) >= 11 is 0. The zero-order valence-electron chi connectivity index (χ0n) is 11.5. The number of ether oxygens (including phenoxy) is 1. The molecule has 0 fully saturated rings. The third-order valence-electron chi connectivity index (χ3n) is 3.04. The zero-order valence-corrected chi connectivity index (χ0v) is 11.5. The van der Waals surface area contributed by atoms with Gasteiger partial charge in [-0.15, -0.1) is 0 Å². The maximum absolute atomic E-state index is 11.4. The molecule has 0 bridgehead atoms. The summed E-state index contributed by atoms with van der Waals surface area (Å²) in [5.74, 6) is -0.0740. The Bertz CT molecular complexity index is 846. The number of nitrogens with zero attached hydrogens (tertiary/aromatic N) is 1. The molecule has 1 heterocycles. The molecule has 1 aromatic heterocycles. The van der Waals surface area contributed by atoms with Crippen molar-refractivity contribution < 1.29 is 18.7 Å². The van der Waals surface area contributed by atoms with Crippen molar-refractivity contribution in [2.45, 2.75) is 0 Å². The van der Waals surface area contributed by atoms with Gasteiger partial charge in [-0.2, -0.15) is 0 Å². The van der Waals surface area contributed by atoms with E-state index in [2.05, 4.69) is 11.6 Å². The molecule has 22 heavy (non-hydrogen) atoms. The van der Waals surface area contributed by atoms with Crippen LogP contribution in [0.5, 0.6) is 5.75 Å². The lowest BCUT2D eigenvalue weighted by atomic mass is 10.1. The number of aldehydes is 1. The highest BCUT2D eigenvalue weighted by Gasteiger charge is 2.16. The molecule has 108 valence electrons. The second kappa shape index (κ2) is 5.65. The highest BCUT2D eigenvalue weighted by atomic mass is 16.5. The van der Waals surface area contributed by atoms with E-state index in [9.17, 15) is 9.59 Å². The number of hydrogen-bond donors (Lipinski definition) is 0. The first-order valence-electron chi connectivity index (χ1n) is 6.50. The molecule has 0 saturated heterocycles. The van der Waals surface area contributed by atoms with Crippen LogP contribution in [-0.4, -0.2) is 17.2 Å².